The Morgan fingerprint density at radius 1 is 1.06 bits per heavy atom. The van der Waals surface area contributed by atoms with E-state index in [2.05, 4.69) is 15.6 Å². The number of rotatable bonds is 9. The standard InChI is InChI=1S/C24H27N3O3.ClH/c1-17-13-18(11-12-25-16-23(29)19-7-9-22(28)10-8-19)14-21(26-17)15-24(30)27-20-5-3-2-4-6-20;/h2-10,13-14,23,25,28-29H,11-12,15-16H2,1H3,(H,27,30);1H. The molecule has 0 saturated carbocycles. The van der Waals surface area contributed by atoms with Gasteiger partial charge in [-0.15, -0.1) is 12.4 Å². The van der Waals surface area contributed by atoms with Crippen LogP contribution in [0.2, 0.25) is 0 Å². The minimum Gasteiger partial charge on any atom is -0.508 e. The molecule has 1 heterocycles. The van der Waals surface area contributed by atoms with Crippen molar-refractivity contribution in [2.24, 2.45) is 0 Å². The number of nitrogens with zero attached hydrogens (tertiary/aromatic N) is 1. The normalized spacial score (nSPS) is 11.4. The summed E-state index contributed by atoms with van der Waals surface area (Å²) in [5.74, 6) is 0.0839. The highest BCUT2D eigenvalue weighted by molar-refractivity contribution is 5.92. The van der Waals surface area contributed by atoms with Gasteiger partial charge in [0.2, 0.25) is 5.91 Å². The maximum absolute atomic E-state index is 12.3. The lowest BCUT2D eigenvalue weighted by Crippen LogP contribution is -2.24. The number of carbonyl (C=O) groups is 1. The van der Waals surface area contributed by atoms with Crippen LogP contribution < -0.4 is 10.6 Å². The number of aryl methyl sites for hydroxylation is 1. The van der Waals surface area contributed by atoms with Crippen LogP contribution >= 0.6 is 12.4 Å². The van der Waals surface area contributed by atoms with E-state index >= 15 is 0 Å². The summed E-state index contributed by atoms with van der Waals surface area (Å²) in [4.78, 5) is 16.8. The van der Waals surface area contributed by atoms with Crippen LogP contribution in [0, 0.1) is 6.92 Å². The second-order valence-corrected chi connectivity index (χ2v) is 7.26. The van der Waals surface area contributed by atoms with Crippen molar-refractivity contribution in [3.05, 3.63) is 89.2 Å². The number of para-hydroxylation sites is 1. The van der Waals surface area contributed by atoms with Gasteiger partial charge in [0.05, 0.1) is 18.2 Å². The van der Waals surface area contributed by atoms with Crippen LogP contribution in [0.15, 0.2) is 66.7 Å². The summed E-state index contributed by atoms with van der Waals surface area (Å²) in [6, 6.07) is 19.9. The van der Waals surface area contributed by atoms with Crippen molar-refractivity contribution in [2.75, 3.05) is 18.4 Å². The van der Waals surface area contributed by atoms with Gasteiger partial charge in [0.15, 0.2) is 0 Å². The average molecular weight is 442 g/mol. The minimum atomic E-state index is -0.637. The molecule has 0 aliphatic carbocycles. The third-order valence-corrected chi connectivity index (χ3v) is 4.67. The first-order valence-corrected chi connectivity index (χ1v) is 9.98. The van der Waals surface area contributed by atoms with Gasteiger partial charge in [0.25, 0.3) is 0 Å². The van der Waals surface area contributed by atoms with Crippen LogP contribution in [-0.2, 0) is 17.6 Å². The van der Waals surface area contributed by atoms with Crippen LogP contribution in [0.25, 0.3) is 0 Å². The van der Waals surface area contributed by atoms with Gasteiger partial charge < -0.3 is 20.8 Å². The van der Waals surface area contributed by atoms with E-state index in [4.69, 9.17) is 0 Å². The Morgan fingerprint density at radius 2 is 1.77 bits per heavy atom. The van der Waals surface area contributed by atoms with E-state index in [1.165, 1.54) is 0 Å². The van der Waals surface area contributed by atoms with Gasteiger partial charge in [0, 0.05) is 17.9 Å². The summed E-state index contributed by atoms with van der Waals surface area (Å²) in [6.45, 7) is 3.03. The fourth-order valence-corrected chi connectivity index (χ4v) is 3.23. The first-order valence-electron chi connectivity index (χ1n) is 9.98. The number of benzene rings is 2. The number of amides is 1. The summed E-state index contributed by atoms with van der Waals surface area (Å²) in [5, 5.41) is 25.7. The zero-order chi connectivity index (χ0) is 21.3. The molecule has 1 unspecified atom stereocenters. The van der Waals surface area contributed by atoms with Crippen LogP contribution in [0.3, 0.4) is 0 Å². The highest BCUT2D eigenvalue weighted by Crippen LogP contribution is 2.16. The number of hydrogen-bond acceptors (Lipinski definition) is 5. The molecule has 4 N–H and O–H groups in total. The molecule has 7 heteroatoms. The van der Waals surface area contributed by atoms with Crippen LogP contribution in [-0.4, -0.2) is 34.2 Å². The van der Waals surface area contributed by atoms with E-state index in [0.29, 0.717) is 13.1 Å². The van der Waals surface area contributed by atoms with E-state index in [1.807, 2.05) is 49.4 Å². The summed E-state index contributed by atoms with van der Waals surface area (Å²) in [7, 11) is 0. The number of phenols is 1. The summed E-state index contributed by atoms with van der Waals surface area (Å²) < 4.78 is 0. The van der Waals surface area contributed by atoms with E-state index in [9.17, 15) is 15.0 Å². The number of phenolic OH excluding ortho intramolecular Hbond substituents is 1. The second kappa shape index (κ2) is 12.1. The Kier molecular flexibility index (Phi) is 9.46. The molecule has 0 fully saturated rings. The Hall–Kier alpha value is -2.93. The molecular weight excluding hydrogens is 414 g/mol. The molecule has 3 rings (SSSR count). The van der Waals surface area contributed by atoms with E-state index < -0.39 is 6.10 Å². The number of carbonyl (C=O) groups excluding carboxylic acids is 1. The first kappa shape index (κ1) is 24.3. The number of aromatic nitrogens is 1. The first-order chi connectivity index (χ1) is 14.5. The molecule has 164 valence electrons. The van der Waals surface area contributed by atoms with E-state index in [1.54, 1.807) is 24.3 Å². The molecule has 0 saturated heterocycles. The van der Waals surface area contributed by atoms with Gasteiger partial charge in [0.1, 0.15) is 5.75 Å². The molecule has 31 heavy (non-hydrogen) atoms. The van der Waals surface area contributed by atoms with Gasteiger partial charge in [-0.25, -0.2) is 0 Å². The molecule has 1 amide bonds. The van der Waals surface area contributed by atoms with E-state index in [-0.39, 0.29) is 30.5 Å². The van der Waals surface area contributed by atoms with Crippen molar-refractivity contribution in [1.29, 1.82) is 0 Å². The van der Waals surface area contributed by atoms with Crippen molar-refractivity contribution in [2.45, 2.75) is 25.9 Å². The summed E-state index contributed by atoms with van der Waals surface area (Å²) >= 11 is 0. The molecule has 1 aromatic heterocycles. The lowest BCUT2D eigenvalue weighted by Gasteiger charge is -2.13. The number of pyridine rings is 1. The number of hydrogen-bond donors (Lipinski definition) is 4. The van der Waals surface area contributed by atoms with E-state index in [0.717, 1.165) is 34.6 Å². The number of aliphatic hydroxyl groups is 1. The lowest BCUT2D eigenvalue weighted by atomic mass is 10.1. The van der Waals surface area contributed by atoms with Crippen molar-refractivity contribution in [3.8, 4) is 5.75 Å². The number of halogens is 1. The monoisotopic (exact) mass is 441 g/mol. The highest BCUT2D eigenvalue weighted by atomic mass is 35.5. The third kappa shape index (κ3) is 8.02. The molecule has 6 nitrogen and oxygen atoms in total. The maximum Gasteiger partial charge on any atom is 0.230 e. The number of aliphatic hydroxyl groups excluding tert-OH is 1. The topological polar surface area (TPSA) is 94.5 Å². The van der Waals surface area contributed by atoms with Gasteiger partial charge >= 0.3 is 0 Å². The van der Waals surface area contributed by atoms with Crippen molar-refractivity contribution < 1.29 is 15.0 Å². The van der Waals surface area contributed by atoms with Gasteiger partial charge in [-0.1, -0.05) is 30.3 Å². The highest BCUT2D eigenvalue weighted by Gasteiger charge is 2.09. The zero-order valence-corrected chi connectivity index (χ0v) is 18.2. The molecule has 3 aromatic rings. The SMILES string of the molecule is Cc1cc(CCNCC(O)c2ccc(O)cc2)cc(CC(=O)Nc2ccccc2)n1.Cl. The molecule has 0 radical (unpaired) electrons. The Bertz CT molecular complexity index is 966. The zero-order valence-electron chi connectivity index (χ0n) is 17.4. The molecule has 0 spiro atoms. The summed E-state index contributed by atoms with van der Waals surface area (Å²) in [5.41, 5.74) is 4.23. The predicted octanol–water partition coefficient (Wildman–Crippen LogP) is 3.56. The Balaban J connectivity index is 0.00000341. The second-order valence-electron chi connectivity index (χ2n) is 7.26. The fraction of sp³-hybridized carbons (Fsp3) is 0.250. The Morgan fingerprint density at radius 3 is 2.48 bits per heavy atom. The molecule has 0 aliphatic heterocycles. The largest absolute Gasteiger partial charge is 0.508 e. The fourth-order valence-electron chi connectivity index (χ4n) is 3.23. The number of anilines is 1. The van der Waals surface area contributed by atoms with Crippen LogP contribution in [0.5, 0.6) is 5.75 Å². The molecule has 1 atom stereocenters. The van der Waals surface area contributed by atoms with Crippen molar-refractivity contribution in [1.82, 2.24) is 10.3 Å². The average Bonchev–Trinajstić information content (AvgIpc) is 2.72. The van der Waals surface area contributed by atoms with Crippen LogP contribution in [0.4, 0.5) is 5.69 Å². The van der Waals surface area contributed by atoms with Gasteiger partial charge in [-0.05, 0) is 67.4 Å². The molecule has 0 bridgehead atoms. The molecule has 2 aromatic carbocycles. The predicted molar refractivity (Wildman–Crippen MR) is 125 cm³/mol. The van der Waals surface area contributed by atoms with Crippen LogP contribution in [0.1, 0.15) is 28.6 Å². The molecule has 0 aliphatic rings. The minimum absolute atomic E-state index is 0. The maximum atomic E-state index is 12.3. The van der Waals surface area contributed by atoms with Gasteiger partial charge in [-0.2, -0.15) is 0 Å². The smallest absolute Gasteiger partial charge is 0.230 e. The lowest BCUT2D eigenvalue weighted by molar-refractivity contribution is -0.115. The van der Waals surface area contributed by atoms with Crippen molar-refractivity contribution in [3.63, 3.8) is 0 Å². The summed E-state index contributed by atoms with van der Waals surface area (Å²) in [6.07, 6.45) is 0.345. The van der Waals surface area contributed by atoms with Crippen molar-refractivity contribution >= 4 is 24.0 Å². The Labute approximate surface area is 188 Å². The quantitative estimate of drug-likeness (QED) is 0.381. The molecular formula is C24H28ClN3O3. The number of nitrogens with one attached hydrogen (secondary N) is 2. The van der Waals surface area contributed by atoms with Gasteiger partial charge in [-0.3, -0.25) is 9.78 Å². The third-order valence-electron chi connectivity index (χ3n) is 4.67. The number of aromatic hydroxyl groups is 1.